The molecule has 0 aliphatic heterocycles. The number of benzene rings is 2. The summed E-state index contributed by atoms with van der Waals surface area (Å²) in [6.45, 7) is 2.29. The van der Waals surface area contributed by atoms with Crippen LogP contribution in [0, 0.1) is 27.3 Å². The molecule has 0 amide bonds. The number of nitriles is 1. The molecule has 2 N–H and O–H groups in total. The summed E-state index contributed by atoms with van der Waals surface area (Å²) in [5.41, 5.74) is 2.26. The van der Waals surface area contributed by atoms with E-state index < -0.39 is 4.92 Å². The Balaban J connectivity index is 1.74. The number of halogens is 1. The van der Waals surface area contributed by atoms with Gasteiger partial charge in [-0.3, -0.25) is 15.2 Å². The van der Waals surface area contributed by atoms with Crippen LogP contribution in [0.3, 0.4) is 0 Å². The molecule has 1 heterocycles. The summed E-state index contributed by atoms with van der Waals surface area (Å²) in [6, 6.07) is 12.5. The Morgan fingerprint density at radius 1 is 1.33 bits per heavy atom. The van der Waals surface area contributed by atoms with Crippen molar-refractivity contribution < 1.29 is 9.31 Å². The SMILES string of the molecule is CCN(c1ccc(F)cc1)c1cc([N+](=O)[O-])c(Nc2cc(C3CC3)[nH]n2)cc1C#N. The highest BCUT2D eigenvalue weighted by molar-refractivity contribution is 5.80. The summed E-state index contributed by atoms with van der Waals surface area (Å²) in [5.74, 6) is 0.543. The van der Waals surface area contributed by atoms with E-state index in [1.165, 1.54) is 24.3 Å². The number of hydrogen-bond acceptors (Lipinski definition) is 6. The lowest BCUT2D eigenvalue weighted by atomic mass is 10.1. The number of nitro benzene ring substituents is 1. The van der Waals surface area contributed by atoms with Crippen molar-refractivity contribution in [3.05, 3.63) is 69.7 Å². The van der Waals surface area contributed by atoms with Crippen molar-refractivity contribution in [3.8, 4) is 6.07 Å². The second kappa shape index (κ2) is 7.83. The molecule has 1 saturated carbocycles. The van der Waals surface area contributed by atoms with Crippen molar-refractivity contribution >= 4 is 28.6 Å². The topological polar surface area (TPSA) is 111 Å². The van der Waals surface area contributed by atoms with Crippen LogP contribution in [-0.4, -0.2) is 21.7 Å². The van der Waals surface area contributed by atoms with Crippen molar-refractivity contribution in [1.29, 1.82) is 5.26 Å². The average molecular weight is 406 g/mol. The number of nitro groups is 1. The fourth-order valence-corrected chi connectivity index (χ4v) is 3.40. The van der Waals surface area contributed by atoms with Gasteiger partial charge in [-0.15, -0.1) is 0 Å². The molecule has 9 heteroatoms. The van der Waals surface area contributed by atoms with E-state index in [1.807, 2.05) is 13.0 Å². The van der Waals surface area contributed by atoms with E-state index >= 15 is 0 Å². The van der Waals surface area contributed by atoms with Crippen LogP contribution in [0.4, 0.5) is 33.0 Å². The Morgan fingerprint density at radius 3 is 2.67 bits per heavy atom. The molecule has 1 aliphatic carbocycles. The molecule has 1 aliphatic rings. The molecule has 30 heavy (non-hydrogen) atoms. The molecule has 2 aromatic carbocycles. The second-order valence-corrected chi connectivity index (χ2v) is 7.08. The Bertz CT molecular complexity index is 1130. The van der Waals surface area contributed by atoms with Crippen molar-refractivity contribution in [1.82, 2.24) is 10.2 Å². The van der Waals surface area contributed by atoms with Gasteiger partial charge in [0.2, 0.25) is 0 Å². The highest BCUT2D eigenvalue weighted by Crippen LogP contribution is 2.41. The van der Waals surface area contributed by atoms with Crippen molar-refractivity contribution in [2.75, 3.05) is 16.8 Å². The second-order valence-electron chi connectivity index (χ2n) is 7.08. The van der Waals surface area contributed by atoms with E-state index in [0.29, 0.717) is 29.7 Å². The van der Waals surface area contributed by atoms with E-state index in [4.69, 9.17) is 0 Å². The molecule has 0 atom stereocenters. The molecule has 0 radical (unpaired) electrons. The Hall–Kier alpha value is -3.93. The maximum Gasteiger partial charge on any atom is 0.294 e. The van der Waals surface area contributed by atoms with Crippen LogP contribution in [-0.2, 0) is 0 Å². The summed E-state index contributed by atoms with van der Waals surface area (Å²) in [5, 5.41) is 31.5. The highest BCUT2D eigenvalue weighted by atomic mass is 19.1. The van der Waals surface area contributed by atoms with E-state index in [9.17, 15) is 19.8 Å². The lowest BCUT2D eigenvalue weighted by molar-refractivity contribution is -0.383. The van der Waals surface area contributed by atoms with Crippen LogP contribution < -0.4 is 10.2 Å². The largest absolute Gasteiger partial charge is 0.340 e. The van der Waals surface area contributed by atoms with E-state index in [1.54, 1.807) is 17.0 Å². The van der Waals surface area contributed by atoms with Crippen LogP contribution in [0.2, 0.25) is 0 Å². The summed E-state index contributed by atoms with van der Waals surface area (Å²) in [4.78, 5) is 13.0. The smallest absolute Gasteiger partial charge is 0.294 e. The van der Waals surface area contributed by atoms with Gasteiger partial charge in [0.05, 0.1) is 16.2 Å². The summed E-state index contributed by atoms with van der Waals surface area (Å²) in [7, 11) is 0. The minimum absolute atomic E-state index is 0.180. The molecule has 0 unspecified atom stereocenters. The van der Waals surface area contributed by atoms with Gasteiger partial charge in [0.25, 0.3) is 5.69 Å². The van der Waals surface area contributed by atoms with Crippen LogP contribution in [0.1, 0.15) is 36.9 Å². The van der Waals surface area contributed by atoms with Crippen molar-refractivity contribution in [2.45, 2.75) is 25.7 Å². The molecule has 1 fully saturated rings. The third kappa shape index (κ3) is 3.80. The quantitative estimate of drug-likeness (QED) is 0.417. The number of aromatic nitrogens is 2. The standard InChI is InChI=1S/C21H19FN6O2/c1-2-27(16-7-5-15(22)6-8-16)19-11-20(28(29)30)18(9-14(19)12-23)24-21-10-17(25-26-21)13-3-4-13/h5-11,13H,2-4H2,1H3,(H2,24,25,26). The zero-order valence-corrected chi connectivity index (χ0v) is 16.2. The van der Waals surface area contributed by atoms with Crippen molar-refractivity contribution in [2.24, 2.45) is 0 Å². The molecule has 8 nitrogen and oxygen atoms in total. The predicted molar refractivity (Wildman–Crippen MR) is 111 cm³/mol. The molecule has 4 rings (SSSR count). The molecular weight excluding hydrogens is 387 g/mol. The van der Waals surface area contributed by atoms with Crippen LogP contribution >= 0.6 is 0 Å². The molecule has 0 saturated heterocycles. The lowest BCUT2D eigenvalue weighted by Gasteiger charge is -2.24. The number of hydrogen-bond donors (Lipinski definition) is 2. The van der Waals surface area contributed by atoms with Gasteiger partial charge in [-0.25, -0.2) is 4.39 Å². The van der Waals surface area contributed by atoms with Gasteiger partial charge in [-0.05, 0) is 50.1 Å². The van der Waals surface area contributed by atoms with E-state index in [0.717, 1.165) is 18.5 Å². The number of nitrogens with zero attached hydrogens (tertiary/aromatic N) is 4. The Morgan fingerprint density at radius 2 is 2.07 bits per heavy atom. The summed E-state index contributed by atoms with van der Waals surface area (Å²) >= 11 is 0. The molecule has 152 valence electrons. The monoisotopic (exact) mass is 406 g/mol. The van der Waals surface area contributed by atoms with Gasteiger partial charge in [-0.2, -0.15) is 10.4 Å². The number of aromatic amines is 1. The van der Waals surface area contributed by atoms with Gasteiger partial charge in [-0.1, -0.05) is 0 Å². The third-order valence-electron chi connectivity index (χ3n) is 5.05. The molecule has 3 aromatic rings. The van der Waals surface area contributed by atoms with Gasteiger partial charge >= 0.3 is 0 Å². The maximum absolute atomic E-state index is 13.3. The molecule has 0 spiro atoms. The lowest BCUT2D eigenvalue weighted by Crippen LogP contribution is -2.17. The zero-order valence-electron chi connectivity index (χ0n) is 16.2. The fraction of sp³-hybridized carbons (Fsp3) is 0.238. The average Bonchev–Trinajstić information content (AvgIpc) is 3.49. The molecule has 0 bridgehead atoms. The predicted octanol–water partition coefficient (Wildman–Crippen LogP) is 5.11. The Labute approximate surface area is 172 Å². The fourth-order valence-electron chi connectivity index (χ4n) is 3.40. The van der Waals surface area contributed by atoms with Crippen LogP contribution in [0.5, 0.6) is 0 Å². The van der Waals surface area contributed by atoms with Gasteiger partial charge in [0, 0.05) is 36.0 Å². The normalized spacial score (nSPS) is 13.0. The summed E-state index contributed by atoms with van der Waals surface area (Å²) < 4.78 is 13.3. The minimum Gasteiger partial charge on any atom is -0.340 e. The maximum atomic E-state index is 13.3. The van der Waals surface area contributed by atoms with Gasteiger partial charge in [0.15, 0.2) is 5.82 Å². The first kappa shape index (κ1) is 19.4. The first-order valence-corrected chi connectivity index (χ1v) is 9.58. The van der Waals surface area contributed by atoms with Gasteiger partial charge < -0.3 is 10.2 Å². The number of H-pyrrole nitrogens is 1. The van der Waals surface area contributed by atoms with Crippen LogP contribution in [0.15, 0.2) is 42.5 Å². The first-order valence-electron chi connectivity index (χ1n) is 9.58. The number of rotatable bonds is 7. The minimum atomic E-state index is -0.500. The summed E-state index contributed by atoms with van der Waals surface area (Å²) in [6.07, 6.45) is 2.20. The van der Waals surface area contributed by atoms with Gasteiger partial charge in [0.1, 0.15) is 17.6 Å². The molecule has 1 aromatic heterocycles. The highest BCUT2D eigenvalue weighted by Gasteiger charge is 2.26. The number of anilines is 4. The third-order valence-corrected chi connectivity index (χ3v) is 5.05. The Kier molecular flexibility index (Phi) is 5.06. The van der Waals surface area contributed by atoms with Crippen molar-refractivity contribution in [3.63, 3.8) is 0 Å². The van der Waals surface area contributed by atoms with Crippen LogP contribution in [0.25, 0.3) is 0 Å². The first-order chi connectivity index (χ1) is 14.5. The van der Waals surface area contributed by atoms with E-state index in [-0.39, 0.29) is 22.8 Å². The molecular formula is C21H19FN6O2. The van der Waals surface area contributed by atoms with E-state index in [2.05, 4.69) is 21.6 Å². The number of nitrogens with one attached hydrogen (secondary N) is 2. The zero-order chi connectivity index (χ0) is 21.3.